The minimum atomic E-state index is 0.108. The van der Waals surface area contributed by atoms with Crippen molar-refractivity contribution in [2.75, 3.05) is 0 Å². The van der Waals surface area contributed by atoms with Crippen LogP contribution < -0.4 is 10.4 Å². The third-order valence-corrected chi connectivity index (χ3v) is 3.22. The second-order valence-corrected chi connectivity index (χ2v) is 4.49. The molecular formula is C18H11N3. The zero-order chi connectivity index (χ0) is 15.2. The summed E-state index contributed by atoms with van der Waals surface area (Å²) in [5, 5.41) is 30.1. The van der Waals surface area contributed by atoms with Crippen LogP contribution in [0.15, 0.2) is 48.5 Å². The molecule has 2 aromatic rings. The van der Waals surface area contributed by atoms with Crippen molar-refractivity contribution in [1.82, 2.24) is 0 Å². The maximum atomic E-state index is 8.86. The van der Waals surface area contributed by atoms with Gasteiger partial charge in [0.1, 0.15) is 17.7 Å². The SMILES string of the molecule is CC(C#N)=c1ccc(=c2ccc(=C(C#N)C#N)cc2)cc1. The fourth-order valence-electron chi connectivity index (χ4n) is 1.96. The summed E-state index contributed by atoms with van der Waals surface area (Å²) in [4.78, 5) is 0. The average Bonchev–Trinajstić information content (AvgIpc) is 2.56. The van der Waals surface area contributed by atoms with Gasteiger partial charge in [-0.25, -0.2) is 0 Å². The lowest BCUT2D eigenvalue weighted by Crippen LogP contribution is -2.03. The summed E-state index contributed by atoms with van der Waals surface area (Å²) in [5.41, 5.74) is 0.787. The summed E-state index contributed by atoms with van der Waals surface area (Å²) in [5.74, 6) is 0. The fourth-order valence-corrected chi connectivity index (χ4v) is 1.96. The van der Waals surface area contributed by atoms with E-state index in [1.807, 2.05) is 48.5 Å². The molecule has 0 atom stereocenters. The van der Waals surface area contributed by atoms with Crippen LogP contribution in [-0.2, 0) is 0 Å². The molecular weight excluding hydrogens is 258 g/mol. The van der Waals surface area contributed by atoms with Crippen molar-refractivity contribution in [2.24, 2.45) is 0 Å². The van der Waals surface area contributed by atoms with Crippen molar-refractivity contribution >= 4 is 11.1 Å². The van der Waals surface area contributed by atoms with Gasteiger partial charge >= 0.3 is 0 Å². The highest BCUT2D eigenvalue weighted by atomic mass is 14.3. The lowest BCUT2D eigenvalue weighted by molar-refractivity contribution is 1.43. The van der Waals surface area contributed by atoms with Crippen molar-refractivity contribution in [2.45, 2.75) is 6.92 Å². The second-order valence-electron chi connectivity index (χ2n) is 4.49. The largest absolute Gasteiger partial charge is 0.193 e. The molecule has 0 aromatic heterocycles. The van der Waals surface area contributed by atoms with Crippen LogP contribution in [0, 0.1) is 44.4 Å². The standard InChI is InChI=1S/C18H11N3/c1-13(10-19)14-2-4-15(5-3-14)16-6-8-17(9-7-16)18(11-20)12-21/h2-9H,1H3. The number of benzene rings is 2. The molecule has 0 unspecified atom stereocenters. The highest BCUT2D eigenvalue weighted by Crippen LogP contribution is 1.96. The minimum Gasteiger partial charge on any atom is -0.193 e. The molecule has 2 rings (SSSR count). The van der Waals surface area contributed by atoms with E-state index in [2.05, 4.69) is 6.07 Å². The molecule has 0 amide bonds. The van der Waals surface area contributed by atoms with Crippen LogP contribution >= 0.6 is 0 Å². The Morgan fingerprint density at radius 3 is 1.48 bits per heavy atom. The Morgan fingerprint density at radius 1 is 0.667 bits per heavy atom. The van der Waals surface area contributed by atoms with Crippen molar-refractivity contribution in [3.63, 3.8) is 0 Å². The summed E-state index contributed by atoms with van der Waals surface area (Å²) >= 11 is 0. The van der Waals surface area contributed by atoms with Crippen LogP contribution in [0.25, 0.3) is 11.1 Å². The summed E-state index contributed by atoms with van der Waals surface area (Å²) in [6, 6.07) is 20.9. The van der Waals surface area contributed by atoms with Gasteiger partial charge in [0.25, 0.3) is 0 Å². The second kappa shape index (κ2) is 6.20. The maximum Gasteiger partial charge on any atom is 0.136 e. The average molecular weight is 269 g/mol. The van der Waals surface area contributed by atoms with Gasteiger partial charge in [0, 0.05) is 10.8 Å². The first-order valence-electron chi connectivity index (χ1n) is 6.31. The van der Waals surface area contributed by atoms with E-state index in [9.17, 15) is 0 Å². The minimum absolute atomic E-state index is 0.108. The van der Waals surface area contributed by atoms with Gasteiger partial charge in [0.2, 0.25) is 0 Å². The predicted octanol–water partition coefficient (Wildman–Crippen LogP) is 1.87. The molecule has 0 spiro atoms. The van der Waals surface area contributed by atoms with Gasteiger partial charge in [-0.3, -0.25) is 0 Å². The van der Waals surface area contributed by atoms with E-state index in [1.165, 1.54) is 0 Å². The molecule has 0 aliphatic carbocycles. The Morgan fingerprint density at radius 2 is 1.10 bits per heavy atom. The summed E-state index contributed by atoms with van der Waals surface area (Å²) in [6.45, 7) is 1.78. The molecule has 0 fully saturated rings. The van der Waals surface area contributed by atoms with Crippen LogP contribution in [0.3, 0.4) is 0 Å². The Labute approximate surface area is 122 Å². The molecule has 98 valence electrons. The number of hydrogen-bond acceptors (Lipinski definition) is 3. The third-order valence-electron chi connectivity index (χ3n) is 3.22. The topological polar surface area (TPSA) is 71.4 Å². The Kier molecular flexibility index (Phi) is 4.15. The molecule has 0 aliphatic rings. The van der Waals surface area contributed by atoms with Gasteiger partial charge in [-0.05, 0) is 22.6 Å². The Bertz CT molecular complexity index is 963. The number of hydrogen-bond donors (Lipinski definition) is 0. The first kappa shape index (κ1) is 14.1. The molecule has 0 aliphatic heterocycles. The van der Waals surface area contributed by atoms with Crippen LogP contribution in [0.1, 0.15) is 6.92 Å². The van der Waals surface area contributed by atoms with Gasteiger partial charge in [0.15, 0.2) is 0 Å². The molecule has 0 radical (unpaired) electrons. The van der Waals surface area contributed by atoms with E-state index >= 15 is 0 Å². The molecule has 21 heavy (non-hydrogen) atoms. The van der Waals surface area contributed by atoms with E-state index in [1.54, 1.807) is 19.1 Å². The normalized spacial score (nSPS) is 9.05. The summed E-state index contributed by atoms with van der Waals surface area (Å²) in [7, 11) is 0. The van der Waals surface area contributed by atoms with Gasteiger partial charge in [-0.15, -0.1) is 0 Å². The van der Waals surface area contributed by atoms with Gasteiger partial charge in [-0.2, -0.15) is 15.8 Å². The summed E-state index contributed by atoms with van der Waals surface area (Å²) in [6.07, 6.45) is 0. The molecule has 3 heteroatoms. The van der Waals surface area contributed by atoms with Crippen LogP contribution in [-0.4, -0.2) is 0 Å². The van der Waals surface area contributed by atoms with Crippen molar-refractivity contribution < 1.29 is 0 Å². The lowest BCUT2D eigenvalue weighted by Gasteiger charge is -1.92. The van der Waals surface area contributed by atoms with Crippen molar-refractivity contribution in [1.29, 1.82) is 15.8 Å². The van der Waals surface area contributed by atoms with E-state index in [4.69, 9.17) is 15.8 Å². The van der Waals surface area contributed by atoms with Gasteiger partial charge < -0.3 is 0 Å². The van der Waals surface area contributed by atoms with Crippen LogP contribution in [0.4, 0.5) is 0 Å². The number of nitrogens with zero attached hydrogens (tertiary/aromatic N) is 3. The first-order chi connectivity index (χ1) is 10.2. The van der Waals surface area contributed by atoms with E-state index < -0.39 is 0 Å². The van der Waals surface area contributed by atoms with Crippen LogP contribution in [0.2, 0.25) is 0 Å². The predicted molar refractivity (Wildman–Crippen MR) is 79.1 cm³/mol. The Balaban J connectivity index is 2.69. The maximum absolute atomic E-state index is 8.86. The molecule has 2 aromatic carbocycles. The molecule has 0 saturated heterocycles. The van der Waals surface area contributed by atoms with E-state index in [0.717, 1.165) is 15.7 Å². The van der Waals surface area contributed by atoms with Crippen molar-refractivity contribution in [3.05, 3.63) is 69.4 Å². The number of nitriles is 3. The Hall–Kier alpha value is -3.35. The zero-order valence-corrected chi connectivity index (χ0v) is 11.5. The molecule has 0 heterocycles. The quantitative estimate of drug-likeness (QED) is 0.733. The number of rotatable bonds is 0. The lowest BCUT2D eigenvalue weighted by atomic mass is 10.1. The molecule has 0 saturated carbocycles. The molecule has 0 bridgehead atoms. The van der Waals surface area contributed by atoms with Crippen LogP contribution in [0.5, 0.6) is 0 Å². The smallest absolute Gasteiger partial charge is 0.136 e. The van der Waals surface area contributed by atoms with Gasteiger partial charge in [-0.1, -0.05) is 48.5 Å². The molecule has 0 N–H and O–H groups in total. The first-order valence-corrected chi connectivity index (χ1v) is 6.31. The summed E-state index contributed by atoms with van der Waals surface area (Å²) < 4.78 is 0. The zero-order valence-electron chi connectivity index (χ0n) is 11.5. The highest BCUT2D eigenvalue weighted by Gasteiger charge is 1.93. The van der Waals surface area contributed by atoms with Crippen molar-refractivity contribution in [3.8, 4) is 18.2 Å². The van der Waals surface area contributed by atoms with Gasteiger partial charge in [0.05, 0.1) is 6.07 Å². The van der Waals surface area contributed by atoms with E-state index in [0.29, 0.717) is 10.8 Å². The monoisotopic (exact) mass is 269 g/mol. The van der Waals surface area contributed by atoms with E-state index in [-0.39, 0.29) is 5.57 Å². The molecule has 3 nitrogen and oxygen atoms in total. The fraction of sp³-hybridized carbons (Fsp3) is 0.0556. The highest BCUT2D eigenvalue weighted by molar-refractivity contribution is 5.72. The third kappa shape index (κ3) is 2.98.